The molecule has 0 saturated heterocycles. The molecule has 0 bridgehead atoms. The summed E-state index contributed by atoms with van der Waals surface area (Å²) in [4.78, 5) is 12.5. The normalized spacial score (nSPS) is 24.0. The number of carbonyl (C=O) groups is 1. The number of amides is 1. The van der Waals surface area contributed by atoms with E-state index in [4.69, 9.17) is 5.73 Å². The number of alkyl halides is 6. The molecule has 0 spiro atoms. The second kappa shape index (κ2) is 6.85. The maximum atomic E-state index is 12.9. The standard InChI is InChI=1S/C12H18F6N2O/c13-11(14,15)7-20(6-5-19)10(21)8-3-1-2-4-9(8)12(16,17)18/h8-9H,1-7,19H2. The molecule has 1 amide bonds. The Morgan fingerprint density at radius 2 is 1.67 bits per heavy atom. The van der Waals surface area contributed by atoms with E-state index in [0.717, 1.165) is 0 Å². The SMILES string of the molecule is NCCN(CC(F)(F)F)C(=O)C1CCCCC1C(F)(F)F. The average molecular weight is 320 g/mol. The molecule has 9 heteroatoms. The van der Waals surface area contributed by atoms with Crippen molar-refractivity contribution in [2.45, 2.75) is 38.0 Å². The summed E-state index contributed by atoms with van der Waals surface area (Å²) in [5.41, 5.74) is 5.15. The minimum Gasteiger partial charge on any atom is -0.332 e. The molecule has 0 aromatic heterocycles. The van der Waals surface area contributed by atoms with Crippen molar-refractivity contribution in [1.82, 2.24) is 4.90 Å². The zero-order valence-electron chi connectivity index (χ0n) is 11.3. The Labute approximate surface area is 118 Å². The van der Waals surface area contributed by atoms with Gasteiger partial charge < -0.3 is 10.6 Å². The molecule has 1 saturated carbocycles. The summed E-state index contributed by atoms with van der Waals surface area (Å²) in [6.07, 6.45) is -8.76. The second-order valence-corrected chi connectivity index (χ2v) is 5.20. The van der Waals surface area contributed by atoms with Gasteiger partial charge >= 0.3 is 12.4 Å². The largest absolute Gasteiger partial charge is 0.406 e. The molecule has 2 atom stereocenters. The molecular formula is C12H18F6N2O. The number of carbonyl (C=O) groups excluding carboxylic acids is 1. The third kappa shape index (κ3) is 5.37. The number of rotatable bonds is 4. The van der Waals surface area contributed by atoms with Gasteiger partial charge in [0.25, 0.3) is 0 Å². The van der Waals surface area contributed by atoms with E-state index in [-0.39, 0.29) is 19.4 Å². The van der Waals surface area contributed by atoms with Gasteiger partial charge in [0.05, 0.1) is 5.92 Å². The Morgan fingerprint density at radius 3 is 2.14 bits per heavy atom. The predicted molar refractivity (Wildman–Crippen MR) is 63.2 cm³/mol. The molecule has 21 heavy (non-hydrogen) atoms. The van der Waals surface area contributed by atoms with Crippen molar-refractivity contribution in [3.8, 4) is 0 Å². The summed E-state index contributed by atoms with van der Waals surface area (Å²) in [6, 6.07) is 0. The van der Waals surface area contributed by atoms with Crippen LogP contribution in [0.3, 0.4) is 0 Å². The van der Waals surface area contributed by atoms with E-state index < -0.39 is 43.2 Å². The number of nitrogens with two attached hydrogens (primary N) is 1. The van der Waals surface area contributed by atoms with Crippen LogP contribution in [0.15, 0.2) is 0 Å². The molecule has 124 valence electrons. The smallest absolute Gasteiger partial charge is 0.332 e. The van der Waals surface area contributed by atoms with Crippen LogP contribution in [-0.2, 0) is 4.79 Å². The quantitative estimate of drug-likeness (QED) is 0.810. The van der Waals surface area contributed by atoms with E-state index in [9.17, 15) is 31.1 Å². The Balaban J connectivity index is 2.89. The van der Waals surface area contributed by atoms with Gasteiger partial charge in [0.15, 0.2) is 0 Å². The van der Waals surface area contributed by atoms with Crippen LogP contribution in [0, 0.1) is 11.8 Å². The minimum absolute atomic E-state index is 0.0397. The van der Waals surface area contributed by atoms with E-state index >= 15 is 0 Å². The van der Waals surface area contributed by atoms with Crippen LogP contribution in [0.5, 0.6) is 0 Å². The van der Waals surface area contributed by atoms with E-state index in [1.165, 1.54) is 0 Å². The Hall–Kier alpha value is -0.990. The highest BCUT2D eigenvalue weighted by molar-refractivity contribution is 5.79. The minimum atomic E-state index is -4.66. The molecule has 0 aromatic rings. The molecular weight excluding hydrogens is 302 g/mol. The molecule has 0 aromatic carbocycles. The molecule has 1 fully saturated rings. The van der Waals surface area contributed by atoms with E-state index in [0.29, 0.717) is 17.7 Å². The Bertz CT molecular complexity index is 355. The summed E-state index contributed by atoms with van der Waals surface area (Å²) in [6.45, 7) is -2.20. The van der Waals surface area contributed by atoms with Crippen molar-refractivity contribution in [2.24, 2.45) is 17.6 Å². The number of halogens is 6. The van der Waals surface area contributed by atoms with E-state index in [1.807, 2.05) is 0 Å². The predicted octanol–water partition coefficient (Wildman–Crippen LogP) is 2.70. The first kappa shape index (κ1) is 18.1. The molecule has 0 heterocycles. The van der Waals surface area contributed by atoms with Crippen LogP contribution in [0.25, 0.3) is 0 Å². The monoisotopic (exact) mass is 320 g/mol. The van der Waals surface area contributed by atoms with Crippen LogP contribution in [0.1, 0.15) is 25.7 Å². The van der Waals surface area contributed by atoms with Gasteiger partial charge in [-0.1, -0.05) is 12.8 Å². The molecule has 1 rings (SSSR count). The summed E-state index contributed by atoms with van der Waals surface area (Å²) in [5, 5.41) is 0. The highest BCUT2D eigenvalue weighted by Gasteiger charge is 2.49. The summed E-state index contributed by atoms with van der Waals surface area (Å²) in [7, 11) is 0. The highest BCUT2D eigenvalue weighted by atomic mass is 19.4. The van der Waals surface area contributed by atoms with Crippen molar-refractivity contribution < 1.29 is 31.1 Å². The molecule has 2 unspecified atom stereocenters. The fourth-order valence-corrected chi connectivity index (χ4v) is 2.69. The maximum Gasteiger partial charge on any atom is 0.406 e. The van der Waals surface area contributed by atoms with Crippen LogP contribution < -0.4 is 5.73 Å². The van der Waals surface area contributed by atoms with Crippen molar-refractivity contribution in [3.05, 3.63) is 0 Å². The zero-order chi connectivity index (χ0) is 16.3. The van der Waals surface area contributed by atoms with Gasteiger partial charge in [0.1, 0.15) is 6.54 Å². The van der Waals surface area contributed by atoms with Gasteiger partial charge in [-0.05, 0) is 12.8 Å². The Kier molecular flexibility index (Phi) is 5.89. The molecule has 3 nitrogen and oxygen atoms in total. The first-order valence-electron chi connectivity index (χ1n) is 6.68. The lowest BCUT2D eigenvalue weighted by molar-refractivity contribution is -0.203. The maximum absolute atomic E-state index is 12.9. The number of hydrogen-bond acceptors (Lipinski definition) is 2. The second-order valence-electron chi connectivity index (χ2n) is 5.20. The van der Waals surface area contributed by atoms with Gasteiger partial charge in [-0.15, -0.1) is 0 Å². The summed E-state index contributed by atoms with van der Waals surface area (Å²) >= 11 is 0. The molecule has 1 aliphatic carbocycles. The lowest BCUT2D eigenvalue weighted by atomic mass is 9.78. The lowest BCUT2D eigenvalue weighted by Gasteiger charge is -2.35. The third-order valence-corrected chi connectivity index (χ3v) is 3.58. The van der Waals surface area contributed by atoms with E-state index in [2.05, 4.69) is 0 Å². The number of nitrogens with zero attached hydrogens (tertiary/aromatic N) is 1. The molecule has 1 aliphatic rings. The van der Waals surface area contributed by atoms with E-state index in [1.54, 1.807) is 0 Å². The fourth-order valence-electron chi connectivity index (χ4n) is 2.69. The lowest BCUT2D eigenvalue weighted by Crippen LogP contribution is -2.48. The Morgan fingerprint density at radius 1 is 1.10 bits per heavy atom. The molecule has 2 N–H and O–H groups in total. The third-order valence-electron chi connectivity index (χ3n) is 3.58. The summed E-state index contributed by atoms with van der Waals surface area (Å²) < 4.78 is 76.1. The van der Waals surface area contributed by atoms with Crippen molar-refractivity contribution in [1.29, 1.82) is 0 Å². The first-order valence-corrected chi connectivity index (χ1v) is 6.68. The average Bonchev–Trinajstić information content (AvgIpc) is 2.35. The zero-order valence-corrected chi connectivity index (χ0v) is 11.3. The van der Waals surface area contributed by atoms with Gasteiger partial charge in [-0.25, -0.2) is 0 Å². The van der Waals surface area contributed by atoms with Crippen molar-refractivity contribution in [2.75, 3.05) is 19.6 Å². The van der Waals surface area contributed by atoms with Gasteiger partial charge in [-0.3, -0.25) is 4.79 Å². The van der Waals surface area contributed by atoms with Gasteiger partial charge in [-0.2, -0.15) is 26.3 Å². The highest BCUT2D eigenvalue weighted by Crippen LogP contribution is 2.42. The summed E-state index contributed by atoms with van der Waals surface area (Å²) in [5.74, 6) is -4.40. The number of hydrogen-bond donors (Lipinski definition) is 1. The topological polar surface area (TPSA) is 46.3 Å². The van der Waals surface area contributed by atoms with Crippen molar-refractivity contribution >= 4 is 5.91 Å². The van der Waals surface area contributed by atoms with Crippen molar-refractivity contribution in [3.63, 3.8) is 0 Å². The van der Waals surface area contributed by atoms with Gasteiger partial charge in [0.2, 0.25) is 5.91 Å². The first-order chi connectivity index (χ1) is 9.56. The molecule has 0 radical (unpaired) electrons. The van der Waals surface area contributed by atoms with Gasteiger partial charge in [0, 0.05) is 19.0 Å². The van der Waals surface area contributed by atoms with Crippen LogP contribution >= 0.6 is 0 Å². The van der Waals surface area contributed by atoms with Crippen LogP contribution in [0.4, 0.5) is 26.3 Å². The fraction of sp³-hybridized carbons (Fsp3) is 0.917. The van der Waals surface area contributed by atoms with Crippen LogP contribution in [-0.4, -0.2) is 42.8 Å². The molecule has 0 aliphatic heterocycles. The van der Waals surface area contributed by atoms with Crippen LogP contribution in [0.2, 0.25) is 0 Å².